The lowest BCUT2D eigenvalue weighted by molar-refractivity contribution is -0.185. The lowest BCUT2D eigenvalue weighted by atomic mass is 10.0. The number of carbonyl (C=O) groups is 2. The summed E-state index contributed by atoms with van der Waals surface area (Å²) in [5.41, 5.74) is 4.79. The monoisotopic (exact) mass is 529 g/mol. The molecule has 0 aromatic heterocycles. The van der Waals surface area contributed by atoms with Crippen molar-refractivity contribution in [2.75, 3.05) is 18.4 Å². The van der Waals surface area contributed by atoms with Gasteiger partial charge in [-0.3, -0.25) is 9.59 Å². The zero-order chi connectivity index (χ0) is 26.6. The molecular weight excluding hydrogens is 503 g/mol. The molecule has 1 aliphatic rings. The fourth-order valence-corrected chi connectivity index (χ4v) is 4.68. The number of hydrogen-bond acceptors (Lipinski definition) is 3. The van der Waals surface area contributed by atoms with E-state index in [-0.39, 0.29) is 31.5 Å². The molecule has 5 nitrogen and oxygen atoms in total. The van der Waals surface area contributed by atoms with Crippen LogP contribution in [-0.4, -0.2) is 36.0 Å². The maximum absolute atomic E-state index is 12.9. The summed E-state index contributed by atoms with van der Waals surface area (Å²) >= 11 is 6.44. The molecule has 1 unspecified atom stereocenters. The summed E-state index contributed by atoms with van der Waals surface area (Å²) in [5, 5.41) is 6.75. The van der Waals surface area contributed by atoms with E-state index in [1.165, 1.54) is 0 Å². The number of carbonyl (C=O) groups excluding carboxylic acids is 2. The van der Waals surface area contributed by atoms with E-state index < -0.39 is 12.1 Å². The van der Waals surface area contributed by atoms with E-state index in [4.69, 9.17) is 11.6 Å². The first-order valence-corrected chi connectivity index (χ1v) is 12.4. The fraction of sp³-hybridized carbons (Fsp3) is 0.286. The maximum Gasteiger partial charge on any atom is 0.471 e. The van der Waals surface area contributed by atoms with Crippen LogP contribution in [0, 0.1) is 0 Å². The summed E-state index contributed by atoms with van der Waals surface area (Å²) in [5.74, 6) is -1.99. The average Bonchev–Trinajstić information content (AvgIpc) is 3.10. The first-order valence-electron chi connectivity index (χ1n) is 12.0. The Morgan fingerprint density at radius 1 is 0.973 bits per heavy atom. The first-order chi connectivity index (χ1) is 17.6. The molecule has 0 radical (unpaired) electrons. The molecule has 3 aromatic carbocycles. The molecule has 4 rings (SSSR count). The molecule has 0 saturated carbocycles. The van der Waals surface area contributed by atoms with E-state index in [0.717, 1.165) is 27.2 Å². The zero-order valence-electron chi connectivity index (χ0n) is 20.2. The fourth-order valence-electron chi connectivity index (χ4n) is 4.44. The first kappa shape index (κ1) is 26.5. The van der Waals surface area contributed by atoms with Gasteiger partial charge < -0.3 is 15.5 Å². The number of nitrogens with zero attached hydrogens (tertiary/aromatic N) is 1. The number of nitrogens with one attached hydrogen (secondary N) is 2. The Hall–Kier alpha value is -3.52. The molecule has 1 heterocycles. The van der Waals surface area contributed by atoms with Crippen molar-refractivity contribution < 1.29 is 22.8 Å². The molecule has 194 valence electrons. The SMILES string of the molecule is CC(NC(=O)c1ccc(CNc2c(Cl)ccc3c2CCN(C(=O)C(F)(F)F)CC3)cc1)c1ccccc1. The van der Waals surface area contributed by atoms with Gasteiger partial charge in [0.1, 0.15) is 0 Å². The molecule has 37 heavy (non-hydrogen) atoms. The second kappa shape index (κ2) is 11.3. The van der Waals surface area contributed by atoms with Crippen molar-refractivity contribution in [2.24, 2.45) is 0 Å². The van der Waals surface area contributed by atoms with Crippen LogP contribution in [-0.2, 0) is 24.2 Å². The predicted octanol–water partition coefficient (Wildman–Crippen LogP) is 5.93. The topological polar surface area (TPSA) is 61.4 Å². The third kappa shape index (κ3) is 6.43. The highest BCUT2D eigenvalue weighted by Gasteiger charge is 2.42. The van der Waals surface area contributed by atoms with Crippen molar-refractivity contribution in [3.05, 3.63) is 99.6 Å². The Bertz CT molecular complexity index is 1260. The normalized spacial score (nSPS) is 14.4. The molecule has 0 aliphatic carbocycles. The van der Waals surface area contributed by atoms with Crippen molar-refractivity contribution in [2.45, 2.75) is 38.5 Å². The van der Waals surface area contributed by atoms with Crippen molar-refractivity contribution in [1.29, 1.82) is 0 Å². The number of fused-ring (bicyclic) bond motifs is 1. The van der Waals surface area contributed by atoms with Crippen LogP contribution < -0.4 is 10.6 Å². The Kier molecular flexibility index (Phi) is 8.07. The van der Waals surface area contributed by atoms with Gasteiger partial charge in [0.05, 0.1) is 16.8 Å². The van der Waals surface area contributed by atoms with Gasteiger partial charge in [-0.05, 0) is 60.2 Å². The van der Waals surface area contributed by atoms with Gasteiger partial charge in [0.2, 0.25) is 0 Å². The largest absolute Gasteiger partial charge is 0.471 e. The summed E-state index contributed by atoms with van der Waals surface area (Å²) in [4.78, 5) is 25.2. The minimum Gasteiger partial charge on any atom is -0.380 e. The van der Waals surface area contributed by atoms with Crippen molar-refractivity contribution in [1.82, 2.24) is 10.2 Å². The molecule has 9 heteroatoms. The van der Waals surface area contributed by atoms with E-state index in [1.807, 2.05) is 49.4 Å². The quantitative estimate of drug-likeness (QED) is 0.416. The van der Waals surface area contributed by atoms with Gasteiger partial charge in [0.15, 0.2) is 0 Å². The van der Waals surface area contributed by atoms with E-state index >= 15 is 0 Å². The Morgan fingerprint density at radius 2 is 1.65 bits per heavy atom. The molecule has 0 fully saturated rings. The van der Waals surface area contributed by atoms with Crippen LogP contribution in [0.5, 0.6) is 0 Å². The zero-order valence-corrected chi connectivity index (χ0v) is 21.0. The van der Waals surface area contributed by atoms with Crippen molar-refractivity contribution >= 4 is 29.1 Å². The summed E-state index contributed by atoms with van der Waals surface area (Å²) in [6.07, 6.45) is -4.31. The van der Waals surface area contributed by atoms with Gasteiger partial charge in [-0.15, -0.1) is 0 Å². The maximum atomic E-state index is 12.9. The standard InChI is InChI=1S/C28H27ClF3N3O2/c1-18(20-5-3-2-4-6-20)34-26(36)22-9-7-19(8-10-22)17-33-25-23-14-16-35(27(37)28(30,31)32)15-13-21(23)11-12-24(25)29/h2-12,18,33H,13-17H2,1H3,(H,34,36). The highest BCUT2D eigenvalue weighted by molar-refractivity contribution is 6.33. The van der Waals surface area contributed by atoms with Gasteiger partial charge >= 0.3 is 12.1 Å². The number of benzene rings is 3. The third-order valence-corrected chi connectivity index (χ3v) is 6.82. The average molecular weight is 530 g/mol. The number of hydrogen-bond donors (Lipinski definition) is 2. The van der Waals surface area contributed by atoms with Crippen LogP contribution in [0.25, 0.3) is 0 Å². The highest BCUT2D eigenvalue weighted by Crippen LogP contribution is 2.33. The molecule has 1 aliphatic heterocycles. The smallest absolute Gasteiger partial charge is 0.380 e. The van der Waals surface area contributed by atoms with E-state index in [9.17, 15) is 22.8 Å². The number of amides is 2. The summed E-state index contributed by atoms with van der Waals surface area (Å²) in [7, 11) is 0. The molecule has 2 amide bonds. The minimum atomic E-state index is -4.89. The Labute approximate surface area is 218 Å². The third-order valence-electron chi connectivity index (χ3n) is 6.50. The molecule has 0 bridgehead atoms. The van der Waals surface area contributed by atoms with Crippen molar-refractivity contribution in [3.63, 3.8) is 0 Å². The van der Waals surface area contributed by atoms with Crippen LogP contribution in [0.4, 0.5) is 18.9 Å². The number of anilines is 1. The number of alkyl halides is 3. The lowest BCUT2D eigenvalue weighted by Crippen LogP contribution is -2.42. The second-order valence-electron chi connectivity index (χ2n) is 9.01. The predicted molar refractivity (Wildman–Crippen MR) is 138 cm³/mol. The Morgan fingerprint density at radius 3 is 2.32 bits per heavy atom. The van der Waals surface area contributed by atoms with Gasteiger partial charge in [-0.2, -0.15) is 13.2 Å². The van der Waals surface area contributed by atoms with Crippen LogP contribution in [0.2, 0.25) is 5.02 Å². The van der Waals surface area contributed by atoms with Crippen LogP contribution in [0.15, 0.2) is 66.7 Å². The summed E-state index contributed by atoms with van der Waals surface area (Å²) in [6, 6.07) is 20.3. The molecule has 1 atom stereocenters. The van der Waals surface area contributed by atoms with E-state index in [0.29, 0.717) is 29.2 Å². The molecule has 3 aromatic rings. The molecule has 2 N–H and O–H groups in total. The number of rotatable bonds is 6. The van der Waals surface area contributed by atoms with Crippen LogP contribution in [0.1, 0.15) is 45.6 Å². The molecular formula is C28H27ClF3N3O2. The summed E-state index contributed by atoms with van der Waals surface area (Å²) < 4.78 is 38.7. The highest BCUT2D eigenvalue weighted by atomic mass is 35.5. The van der Waals surface area contributed by atoms with E-state index in [2.05, 4.69) is 10.6 Å². The number of halogens is 4. The Balaban J connectivity index is 1.40. The minimum absolute atomic E-state index is 0.00116. The molecule has 0 spiro atoms. The van der Waals surface area contributed by atoms with Crippen LogP contribution >= 0.6 is 11.6 Å². The lowest BCUT2D eigenvalue weighted by Gasteiger charge is -2.21. The van der Waals surface area contributed by atoms with Gasteiger partial charge in [-0.1, -0.05) is 60.1 Å². The molecule has 0 saturated heterocycles. The van der Waals surface area contributed by atoms with Gasteiger partial charge in [0.25, 0.3) is 5.91 Å². The second-order valence-corrected chi connectivity index (χ2v) is 9.41. The van der Waals surface area contributed by atoms with Gasteiger partial charge in [0, 0.05) is 25.2 Å². The van der Waals surface area contributed by atoms with E-state index in [1.54, 1.807) is 24.3 Å². The van der Waals surface area contributed by atoms with Gasteiger partial charge in [-0.25, -0.2) is 0 Å². The van der Waals surface area contributed by atoms with Crippen molar-refractivity contribution in [3.8, 4) is 0 Å². The van der Waals surface area contributed by atoms with Crippen LogP contribution in [0.3, 0.4) is 0 Å². The summed E-state index contributed by atoms with van der Waals surface area (Å²) in [6.45, 7) is 2.30.